The Bertz CT molecular complexity index is 1220. The molecule has 4 nitrogen and oxygen atoms in total. The summed E-state index contributed by atoms with van der Waals surface area (Å²) in [5, 5.41) is 9.26. The Morgan fingerprint density at radius 1 is 0.806 bits per heavy atom. The molecular weight excluding hydrogens is 448 g/mol. The Morgan fingerprint density at radius 3 is 1.92 bits per heavy atom. The highest BCUT2D eigenvalue weighted by Gasteiger charge is 2.17. The smallest absolute Gasteiger partial charge is 0.333 e. The van der Waals surface area contributed by atoms with E-state index in [9.17, 15) is 9.90 Å². The van der Waals surface area contributed by atoms with E-state index in [1.54, 1.807) is 6.92 Å². The SMILES string of the molecule is CCO[C@@H](Cc1ccc(OC/C=C/c2cc(-c3ccccc3)cc(-c3ccccc3)c2)cc1)C(=O)O. The number of carbonyl (C=O) groups is 1. The minimum absolute atomic E-state index is 0.324. The maximum absolute atomic E-state index is 11.3. The summed E-state index contributed by atoms with van der Waals surface area (Å²) >= 11 is 0. The van der Waals surface area contributed by atoms with Gasteiger partial charge in [0.05, 0.1) is 0 Å². The molecule has 182 valence electrons. The van der Waals surface area contributed by atoms with Crippen molar-refractivity contribution in [2.24, 2.45) is 0 Å². The van der Waals surface area contributed by atoms with E-state index in [1.807, 2.05) is 42.5 Å². The van der Waals surface area contributed by atoms with Crippen LogP contribution in [0.15, 0.2) is 109 Å². The molecule has 36 heavy (non-hydrogen) atoms. The third-order valence-electron chi connectivity index (χ3n) is 5.81. The first-order valence-corrected chi connectivity index (χ1v) is 12.1. The summed E-state index contributed by atoms with van der Waals surface area (Å²) in [5.41, 5.74) is 6.68. The van der Waals surface area contributed by atoms with Gasteiger partial charge in [0.25, 0.3) is 0 Å². The van der Waals surface area contributed by atoms with Crippen molar-refractivity contribution >= 4 is 12.0 Å². The first kappa shape index (κ1) is 25.0. The average molecular weight is 479 g/mol. The van der Waals surface area contributed by atoms with Crippen molar-refractivity contribution in [3.8, 4) is 28.0 Å². The fourth-order valence-corrected chi connectivity index (χ4v) is 4.03. The molecule has 4 rings (SSSR count). The topological polar surface area (TPSA) is 55.8 Å². The molecular formula is C32H30O4. The summed E-state index contributed by atoms with van der Waals surface area (Å²) in [7, 11) is 0. The van der Waals surface area contributed by atoms with Gasteiger partial charge in [0.2, 0.25) is 0 Å². The minimum Gasteiger partial charge on any atom is -0.490 e. The zero-order chi connectivity index (χ0) is 25.2. The van der Waals surface area contributed by atoms with Crippen LogP contribution in [0.2, 0.25) is 0 Å². The molecule has 4 heteroatoms. The van der Waals surface area contributed by atoms with Gasteiger partial charge in [-0.05, 0) is 76.7 Å². The largest absolute Gasteiger partial charge is 0.490 e. The highest BCUT2D eigenvalue weighted by molar-refractivity contribution is 5.77. The van der Waals surface area contributed by atoms with Crippen molar-refractivity contribution in [1.29, 1.82) is 0 Å². The number of hydrogen-bond acceptors (Lipinski definition) is 3. The van der Waals surface area contributed by atoms with Crippen LogP contribution in [0.3, 0.4) is 0 Å². The maximum Gasteiger partial charge on any atom is 0.333 e. The number of carboxylic acid groups (broad SMARTS) is 1. The van der Waals surface area contributed by atoms with E-state index in [0.717, 1.165) is 16.9 Å². The second kappa shape index (κ2) is 12.5. The van der Waals surface area contributed by atoms with Crippen LogP contribution >= 0.6 is 0 Å². The molecule has 0 saturated carbocycles. The Hall–Kier alpha value is -4.15. The molecule has 0 aromatic heterocycles. The van der Waals surface area contributed by atoms with Gasteiger partial charge < -0.3 is 14.6 Å². The molecule has 0 heterocycles. The fraction of sp³-hybridized carbons (Fsp3) is 0.156. The zero-order valence-electron chi connectivity index (χ0n) is 20.3. The highest BCUT2D eigenvalue weighted by Crippen LogP contribution is 2.29. The van der Waals surface area contributed by atoms with Crippen molar-refractivity contribution in [3.05, 3.63) is 120 Å². The molecule has 4 aromatic carbocycles. The molecule has 1 atom stereocenters. The van der Waals surface area contributed by atoms with Crippen LogP contribution in [-0.2, 0) is 16.0 Å². The van der Waals surface area contributed by atoms with E-state index >= 15 is 0 Å². The molecule has 0 radical (unpaired) electrons. The van der Waals surface area contributed by atoms with Crippen LogP contribution in [-0.4, -0.2) is 30.4 Å². The van der Waals surface area contributed by atoms with Crippen LogP contribution in [0.5, 0.6) is 5.75 Å². The second-order valence-corrected chi connectivity index (χ2v) is 8.42. The molecule has 0 saturated heterocycles. The van der Waals surface area contributed by atoms with E-state index in [0.29, 0.717) is 19.6 Å². The van der Waals surface area contributed by atoms with Crippen molar-refractivity contribution in [2.45, 2.75) is 19.4 Å². The Morgan fingerprint density at radius 2 is 1.39 bits per heavy atom. The summed E-state index contributed by atoms with van der Waals surface area (Å²) in [6.07, 6.45) is 3.57. The van der Waals surface area contributed by atoms with Crippen LogP contribution in [0.25, 0.3) is 28.3 Å². The van der Waals surface area contributed by atoms with Crippen LogP contribution < -0.4 is 4.74 Å². The standard InChI is InChI=1S/C32H30O4/c1-2-35-31(32(33)34)22-24-15-17-30(18-16-24)36-19-9-10-25-20-28(26-11-5-3-6-12-26)23-29(21-25)27-13-7-4-8-14-27/h3-18,20-21,23,31H,2,19,22H2,1H3,(H,33,34)/b10-9+/t31-/m0/s1. The third kappa shape index (κ3) is 6.94. The van der Waals surface area contributed by atoms with Crippen LogP contribution in [0, 0.1) is 0 Å². The van der Waals surface area contributed by atoms with E-state index in [-0.39, 0.29) is 0 Å². The lowest BCUT2D eigenvalue weighted by atomic mass is 9.96. The summed E-state index contributed by atoms with van der Waals surface area (Å²) in [5.74, 6) is -0.219. The third-order valence-corrected chi connectivity index (χ3v) is 5.81. The number of hydrogen-bond donors (Lipinski definition) is 1. The first-order valence-electron chi connectivity index (χ1n) is 12.1. The van der Waals surface area contributed by atoms with Crippen molar-refractivity contribution < 1.29 is 19.4 Å². The lowest BCUT2D eigenvalue weighted by Gasteiger charge is -2.12. The lowest BCUT2D eigenvalue weighted by Crippen LogP contribution is -2.26. The predicted molar refractivity (Wildman–Crippen MR) is 145 cm³/mol. The zero-order valence-corrected chi connectivity index (χ0v) is 20.3. The number of carboxylic acids is 1. The molecule has 0 fully saturated rings. The second-order valence-electron chi connectivity index (χ2n) is 8.42. The number of rotatable bonds is 11. The van der Waals surface area contributed by atoms with Gasteiger partial charge in [-0.3, -0.25) is 0 Å². The fourth-order valence-electron chi connectivity index (χ4n) is 4.03. The Kier molecular flexibility index (Phi) is 8.68. The van der Waals surface area contributed by atoms with Crippen molar-refractivity contribution in [2.75, 3.05) is 13.2 Å². The normalized spacial score (nSPS) is 11.9. The molecule has 0 aliphatic carbocycles. The quantitative estimate of drug-likeness (QED) is 0.249. The van der Waals surface area contributed by atoms with Crippen LogP contribution in [0.4, 0.5) is 0 Å². The molecule has 0 aliphatic heterocycles. The van der Waals surface area contributed by atoms with Crippen molar-refractivity contribution in [1.82, 2.24) is 0 Å². The Labute approximate surface area is 212 Å². The molecule has 0 aliphatic rings. The van der Waals surface area contributed by atoms with Crippen molar-refractivity contribution in [3.63, 3.8) is 0 Å². The first-order chi connectivity index (χ1) is 17.6. The Balaban J connectivity index is 1.44. The number of ether oxygens (including phenoxy) is 2. The summed E-state index contributed by atoms with van der Waals surface area (Å²) in [6.45, 7) is 2.58. The minimum atomic E-state index is -0.950. The molecule has 0 unspecified atom stereocenters. The van der Waals surface area contributed by atoms with E-state index < -0.39 is 12.1 Å². The summed E-state index contributed by atoms with van der Waals surface area (Å²) in [4.78, 5) is 11.3. The monoisotopic (exact) mass is 478 g/mol. The number of aliphatic carboxylic acids is 1. The highest BCUT2D eigenvalue weighted by atomic mass is 16.5. The molecule has 4 aromatic rings. The summed E-state index contributed by atoms with van der Waals surface area (Å²) in [6, 6.07) is 34.8. The van der Waals surface area contributed by atoms with E-state index in [4.69, 9.17) is 9.47 Å². The average Bonchev–Trinajstić information content (AvgIpc) is 2.92. The van der Waals surface area contributed by atoms with Gasteiger partial charge in [0.15, 0.2) is 6.10 Å². The van der Waals surface area contributed by atoms with Gasteiger partial charge in [0.1, 0.15) is 12.4 Å². The van der Waals surface area contributed by atoms with E-state index in [1.165, 1.54) is 22.3 Å². The number of benzene rings is 4. The van der Waals surface area contributed by atoms with Gasteiger partial charge in [-0.25, -0.2) is 4.79 Å². The molecule has 0 bridgehead atoms. The van der Waals surface area contributed by atoms with Gasteiger partial charge in [-0.1, -0.05) is 78.9 Å². The van der Waals surface area contributed by atoms with Crippen LogP contribution in [0.1, 0.15) is 18.1 Å². The molecule has 0 spiro atoms. The van der Waals surface area contributed by atoms with E-state index in [2.05, 4.69) is 72.8 Å². The lowest BCUT2D eigenvalue weighted by molar-refractivity contribution is -0.149. The van der Waals surface area contributed by atoms with Gasteiger partial charge in [-0.2, -0.15) is 0 Å². The molecule has 1 N–H and O–H groups in total. The van der Waals surface area contributed by atoms with Gasteiger partial charge in [-0.15, -0.1) is 0 Å². The predicted octanol–water partition coefficient (Wildman–Crippen LogP) is 7.15. The molecule has 0 amide bonds. The summed E-state index contributed by atoms with van der Waals surface area (Å²) < 4.78 is 11.2. The van der Waals surface area contributed by atoms with Gasteiger partial charge >= 0.3 is 5.97 Å². The maximum atomic E-state index is 11.3. The van der Waals surface area contributed by atoms with Gasteiger partial charge in [0, 0.05) is 13.0 Å².